The first-order valence-electron chi connectivity index (χ1n) is 14.6. The van der Waals surface area contributed by atoms with Gasteiger partial charge in [-0.25, -0.2) is 9.59 Å². The predicted molar refractivity (Wildman–Crippen MR) is 149 cm³/mol. The molecule has 0 saturated carbocycles. The summed E-state index contributed by atoms with van der Waals surface area (Å²) in [5.74, 6) is -0.234. The molecule has 2 aliphatic rings. The molecule has 6 amide bonds. The van der Waals surface area contributed by atoms with Gasteiger partial charge >= 0.3 is 12.1 Å². The van der Waals surface area contributed by atoms with Crippen LogP contribution >= 0.6 is 0 Å². The summed E-state index contributed by atoms with van der Waals surface area (Å²) in [6, 6.07) is -0.372. The summed E-state index contributed by atoms with van der Waals surface area (Å²) in [5.41, 5.74) is -0.699. The van der Waals surface area contributed by atoms with E-state index in [1.807, 2.05) is 20.8 Å². The third kappa shape index (κ3) is 7.16. The van der Waals surface area contributed by atoms with Crippen LogP contribution in [-0.2, 0) is 14.3 Å². The molecule has 0 spiro atoms. The zero-order valence-electron chi connectivity index (χ0n) is 24.4. The molecule has 0 aromatic heterocycles. The van der Waals surface area contributed by atoms with Crippen molar-refractivity contribution in [1.29, 1.82) is 0 Å². The van der Waals surface area contributed by atoms with E-state index in [4.69, 9.17) is 4.74 Å². The molecule has 1 unspecified atom stereocenters. The Morgan fingerprint density at radius 2 is 1.32 bits per heavy atom. The molecule has 0 N–H and O–H groups in total. The Morgan fingerprint density at radius 3 is 1.79 bits per heavy atom. The van der Waals surface area contributed by atoms with E-state index in [0.717, 1.165) is 44.9 Å². The molecule has 2 rings (SSSR count). The van der Waals surface area contributed by atoms with E-state index in [1.54, 1.807) is 15.9 Å². The lowest BCUT2D eigenvalue weighted by molar-refractivity contribution is -0.129. The number of imide groups is 2. The number of ether oxygens (including phenoxy) is 1. The molecule has 9 heteroatoms. The number of hydrogen-bond donors (Lipinski definition) is 0. The highest BCUT2D eigenvalue weighted by Crippen LogP contribution is 2.35. The third-order valence-corrected chi connectivity index (χ3v) is 8.75. The standard InChI is InChI=1S/C29H50N4O5/c1-7-28(8-2,23-32-24(34)21-30(11-5)26(32)36)17-13-15-19-38-20-16-14-18-29(9-3,10-4)33-25(35)22-31(12-6)27(33)37/h9H,3,7-8,10-23H2,1-2,4-6H3. The normalized spacial score (nSPS) is 18.2. The molecule has 9 nitrogen and oxygen atoms in total. The number of hydrogen-bond acceptors (Lipinski definition) is 5. The summed E-state index contributed by atoms with van der Waals surface area (Å²) in [6.07, 6.45) is 9.50. The molecular weight excluding hydrogens is 484 g/mol. The van der Waals surface area contributed by atoms with Gasteiger partial charge in [-0.15, -0.1) is 6.58 Å². The van der Waals surface area contributed by atoms with Crippen LogP contribution in [0.5, 0.6) is 0 Å². The topological polar surface area (TPSA) is 90.5 Å². The van der Waals surface area contributed by atoms with Crippen molar-refractivity contribution in [3.8, 4) is 0 Å². The zero-order chi connectivity index (χ0) is 28.3. The highest BCUT2D eigenvalue weighted by Gasteiger charge is 2.46. The van der Waals surface area contributed by atoms with Gasteiger partial charge in [0.25, 0.3) is 5.91 Å². The van der Waals surface area contributed by atoms with E-state index in [-0.39, 0.29) is 42.4 Å². The van der Waals surface area contributed by atoms with Crippen LogP contribution in [0.2, 0.25) is 0 Å². The smallest absolute Gasteiger partial charge is 0.327 e. The van der Waals surface area contributed by atoms with Crippen LogP contribution in [0.1, 0.15) is 92.4 Å². The van der Waals surface area contributed by atoms with Crippen LogP contribution < -0.4 is 0 Å². The van der Waals surface area contributed by atoms with E-state index in [1.165, 1.54) is 9.80 Å². The first-order valence-corrected chi connectivity index (χ1v) is 14.6. The number of nitrogens with zero attached hydrogens (tertiary/aromatic N) is 4. The van der Waals surface area contributed by atoms with Crippen molar-refractivity contribution in [3.05, 3.63) is 12.7 Å². The molecule has 2 saturated heterocycles. The summed E-state index contributed by atoms with van der Waals surface area (Å²) in [7, 11) is 0. The average molecular weight is 535 g/mol. The van der Waals surface area contributed by atoms with E-state index in [0.29, 0.717) is 45.7 Å². The van der Waals surface area contributed by atoms with E-state index < -0.39 is 5.54 Å². The number of carbonyl (C=O) groups excluding carboxylic acids is 4. The number of rotatable bonds is 19. The van der Waals surface area contributed by atoms with Crippen molar-refractivity contribution < 1.29 is 23.9 Å². The molecule has 0 aliphatic carbocycles. The Morgan fingerprint density at radius 1 is 0.763 bits per heavy atom. The van der Waals surface area contributed by atoms with Gasteiger partial charge in [0.05, 0.1) is 5.54 Å². The SMILES string of the molecule is C=CC(CC)(CCCCOCCCCC(CC)(CC)CN1C(=O)CN(CC)C1=O)N1C(=O)CN(CC)C1=O. The molecular formula is C29H50N4O5. The van der Waals surface area contributed by atoms with E-state index in [9.17, 15) is 19.2 Å². The van der Waals surface area contributed by atoms with Gasteiger partial charge in [-0.1, -0.05) is 33.3 Å². The lowest BCUT2D eigenvalue weighted by Gasteiger charge is -2.37. The molecule has 0 aromatic carbocycles. The van der Waals surface area contributed by atoms with Gasteiger partial charge in [0, 0.05) is 32.8 Å². The minimum absolute atomic E-state index is 0.0545. The molecule has 2 fully saturated rings. The van der Waals surface area contributed by atoms with Gasteiger partial charge < -0.3 is 14.5 Å². The van der Waals surface area contributed by atoms with Gasteiger partial charge in [-0.2, -0.15) is 0 Å². The van der Waals surface area contributed by atoms with Crippen molar-refractivity contribution in [2.75, 3.05) is 45.9 Å². The monoisotopic (exact) mass is 534 g/mol. The van der Waals surface area contributed by atoms with E-state index in [2.05, 4.69) is 20.4 Å². The molecule has 1 atom stereocenters. The molecule has 0 bridgehead atoms. The summed E-state index contributed by atoms with van der Waals surface area (Å²) >= 11 is 0. The maximum Gasteiger partial charge on any atom is 0.327 e. The fourth-order valence-electron chi connectivity index (χ4n) is 5.70. The minimum atomic E-state index is -0.645. The number of urea groups is 2. The Kier molecular flexibility index (Phi) is 12.3. The summed E-state index contributed by atoms with van der Waals surface area (Å²) < 4.78 is 5.89. The molecule has 0 aromatic rings. The number of carbonyl (C=O) groups is 4. The van der Waals surface area contributed by atoms with Crippen molar-refractivity contribution in [2.45, 2.75) is 97.9 Å². The Hall–Kier alpha value is -2.42. The van der Waals surface area contributed by atoms with Crippen LogP contribution in [-0.4, -0.2) is 95.0 Å². The molecule has 2 aliphatic heterocycles. The first-order chi connectivity index (χ1) is 18.2. The number of amides is 6. The number of likely N-dealkylation sites (N-methyl/N-ethyl adjacent to an activating group) is 2. The fraction of sp³-hybridized carbons (Fsp3) is 0.793. The van der Waals surface area contributed by atoms with Crippen molar-refractivity contribution in [3.63, 3.8) is 0 Å². The van der Waals surface area contributed by atoms with Crippen LogP contribution in [0.3, 0.4) is 0 Å². The maximum absolute atomic E-state index is 12.7. The summed E-state index contributed by atoms with van der Waals surface area (Å²) in [4.78, 5) is 56.3. The second kappa shape index (κ2) is 14.7. The maximum atomic E-state index is 12.7. The average Bonchev–Trinajstić information content (AvgIpc) is 3.38. The Bertz CT molecular complexity index is 843. The quantitative estimate of drug-likeness (QED) is 0.131. The lowest BCUT2D eigenvalue weighted by atomic mass is 9.77. The lowest BCUT2D eigenvalue weighted by Crippen LogP contribution is -2.50. The van der Waals surface area contributed by atoms with Gasteiger partial charge in [0.2, 0.25) is 5.91 Å². The third-order valence-electron chi connectivity index (χ3n) is 8.75. The molecule has 2 heterocycles. The molecule has 216 valence electrons. The molecule has 0 radical (unpaired) electrons. The second-order valence-electron chi connectivity index (χ2n) is 10.7. The molecule has 38 heavy (non-hydrogen) atoms. The Labute approximate surface area is 229 Å². The minimum Gasteiger partial charge on any atom is -0.381 e. The second-order valence-corrected chi connectivity index (χ2v) is 10.7. The van der Waals surface area contributed by atoms with Crippen molar-refractivity contribution in [1.82, 2.24) is 19.6 Å². The predicted octanol–water partition coefficient (Wildman–Crippen LogP) is 5.05. The van der Waals surface area contributed by atoms with Crippen molar-refractivity contribution >= 4 is 23.9 Å². The summed E-state index contributed by atoms with van der Waals surface area (Å²) in [5, 5.41) is 0. The first kappa shape index (κ1) is 31.8. The van der Waals surface area contributed by atoms with Crippen LogP contribution in [0, 0.1) is 5.41 Å². The van der Waals surface area contributed by atoms with Crippen LogP contribution in [0.25, 0.3) is 0 Å². The van der Waals surface area contributed by atoms with Crippen LogP contribution in [0.15, 0.2) is 12.7 Å². The summed E-state index contributed by atoms with van der Waals surface area (Å²) in [6.45, 7) is 17.2. The number of unbranched alkanes of at least 4 members (excludes halogenated alkanes) is 2. The largest absolute Gasteiger partial charge is 0.381 e. The van der Waals surface area contributed by atoms with E-state index >= 15 is 0 Å². The fourth-order valence-corrected chi connectivity index (χ4v) is 5.70. The highest BCUT2D eigenvalue weighted by atomic mass is 16.5. The Balaban J connectivity index is 1.73. The zero-order valence-corrected chi connectivity index (χ0v) is 24.4. The van der Waals surface area contributed by atoms with Crippen LogP contribution in [0.4, 0.5) is 9.59 Å². The highest BCUT2D eigenvalue weighted by molar-refractivity contribution is 6.03. The van der Waals surface area contributed by atoms with Crippen molar-refractivity contribution in [2.24, 2.45) is 5.41 Å². The van der Waals surface area contributed by atoms with Gasteiger partial charge in [0.1, 0.15) is 13.1 Å². The van der Waals surface area contributed by atoms with Gasteiger partial charge in [-0.05, 0) is 70.6 Å². The van der Waals surface area contributed by atoms with Gasteiger partial charge in [-0.3, -0.25) is 19.4 Å². The van der Waals surface area contributed by atoms with Gasteiger partial charge in [0.15, 0.2) is 0 Å².